The molecule has 0 unspecified atom stereocenters. The fourth-order valence-electron chi connectivity index (χ4n) is 7.34. The molecule has 4 aromatic heterocycles. The van der Waals surface area contributed by atoms with Crippen molar-refractivity contribution in [3.8, 4) is 22.3 Å². The van der Waals surface area contributed by atoms with E-state index < -0.39 is 16.9 Å². The zero-order valence-corrected chi connectivity index (χ0v) is 33.3. The molecule has 58 heavy (non-hydrogen) atoms. The Morgan fingerprint density at radius 2 is 1.09 bits per heavy atom. The van der Waals surface area contributed by atoms with E-state index >= 15 is 0 Å². The summed E-state index contributed by atoms with van der Waals surface area (Å²) in [4.78, 5) is 69.5. The monoisotopic (exact) mass is 774 g/mol. The van der Waals surface area contributed by atoms with Crippen LogP contribution in [0.1, 0.15) is 56.0 Å². The number of ether oxygens (including phenoxy) is 1. The zero-order chi connectivity index (χ0) is 41.1. The molecule has 0 radical (unpaired) electrons. The summed E-state index contributed by atoms with van der Waals surface area (Å²) in [6, 6.07) is 20.9. The van der Waals surface area contributed by atoms with Crippen molar-refractivity contribution in [3.63, 3.8) is 0 Å². The van der Waals surface area contributed by atoms with Crippen LogP contribution in [0.2, 0.25) is 0 Å². The van der Waals surface area contributed by atoms with E-state index in [2.05, 4.69) is 29.9 Å². The van der Waals surface area contributed by atoms with Gasteiger partial charge in [0.1, 0.15) is 41.5 Å². The number of amides is 3. The molecule has 0 spiro atoms. The summed E-state index contributed by atoms with van der Waals surface area (Å²) in [5, 5.41) is 0. The van der Waals surface area contributed by atoms with E-state index in [1.807, 2.05) is 97.0 Å². The van der Waals surface area contributed by atoms with Crippen LogP contribution in [0.5, 0.6) is 0 Å². The lowest BCUT2D eigenvalue weighted by atomic mass is 9.85. The van der Waals surface area contributed by atoms with Gasteiger partial charge in [0.15, 0.2) is 0 Å². The van der Waals surface area contributed by atoms with Gasteiger partial charge < -0.3 is 10.5 Å². The van der Waals surface area contributed by atoms with Crippen LogP contribution >= 0.6 is 0 Å². The van der Waals surface area contributed by atoms with Crippen molar-refractivity contribution in [2.75, 3.05) is 33.6 Å². The van der Waals surface area contributed by atoms with Crippen LogP contribution in [0.25, 0.3) is 22.3 Å². The molecule has 1 saturated heterocycles. The molecule has 9 rings (SSSR count). The first-order chi connectivity index (χ1) is 27.6. The number of carbonyl (C=O) groups excluding carboxylic acids is 3. The van der Waals surface area contributed by atoms with Gasteiger partial charge in [-0.2, -0.15) is 0 Å². The molecule has 6 aromatic rings. The number of aromatic nitrogens is 6. The fraction of sp³-hybridized carbons (Fsp3) is 0.250. The first kappa shape index (κ1) is 37.8. The van der Waals surface area contributed by atoms with Crippen LogP contribution in [-0.2, 0) is 25.2 Å². The number of hydrogen-bond acceptors (Lipinski definition) is 11. The molecular weight excluding hydrogens is 733 g/mol. The van der Waals surface area contributed by atoms with Gasteiger partial charge in [0.2, 0.25) is 11.8 Å². The third kappa shape index (κ3) is 6.45. The highest BCUT2D eigenvalue weighted by Gasteiger charge is 2.46. The topological polar surface area (TPSA) is 174 Å². The second-order valence-electron chi connectivity index (χ2n) is 15.5. The van der Waals surface area contributed by atoms with Gasteiger partial charge in [-0.05, 0) is 107 Å². The second-order valence-corrected chi connectivity index (χ2v) is 15.5. The Morgan fingerprint density at radius 3 is 1.55 bits per heavy atom. The first-order valence-corrected chi connectivity index (χ1v) is 18.9. The molecule has 0 aliphatic carbocycles. The molecule has 292 valence electrons. The van der Waals surface area contributed by atoms with Crippen molar-refractivity contribution < 1.29 is 19.1 Å². The molecule has 3 aliphatic rings. The molecule has 14 nitrogen and oxygen atoms in total. The van der Waals surface area contributed by atoms with Crippen molar-refractivity contribution in [1.29, 1.82) is 0 Å². The smallest absolute Gasteiger partial charge is 0.415 e. The minimum atomic E-state index is -0.706. The summed E-state index contributed by atoms with van der Waals surface area (Å²) >= 11 is 0. The second kappa shape index (κ2) is 14.1. The van der Waals surface area contributed by atoms with Gasteiger partial charge >= 0.3 is 6.09 Å². The SMILES string of the molecule is Cc1ncc(-c2ccc3c(c2)N(c2ccc(C)c(N)n2)C(=O)C3(C)C)cn1.Cc1ncc(-c2ccc3c(c2)N(c2cccc(N4CCOC4=O)n2)C(=O)C3(C)C)cn1. The van der Waals surface area contributed by atoms with Crippen molar-refractivity contribution >= 4 is 52.6 Å². The first-order valence-electron chi connectivity index (χ1n) is 18.9. The largest absolute Gasteiger partial charge is 0.447 e. The number of nitrogens with zero attached hydrogens (tertiary/aromatic N) is 9. The highest BCUT2D eigenvalue weighted by molar-refractivity contribution is 6.13. The Labute approximate surface area is 335 Å². The Morgan fingerprint density at radius 1 is 0.603 bits per heavy atom. The van der Waals surface area contributed by atoms with E-state index in [9.17, 15) is 14.4 Å². The van der Waals surface area contributed by atoms with Gasteiger partial charge in [-0.1, -0.05) is 36.4 Å². The number of rotatable bonds is 5. The van der Waals surface area contributed by atoms with E-state index in [-0.39, 0.29) is 11.8 Å². The van der Waals surface area contributed by atoms with Gasteiger partial charge in [0.25, 0.3) is 0 Å². The number of pyridine rings is 2. The summed E-state index contributed by atoms with van der Waals surface area (Å²) in [5.41, 5.74) is 12.6. The van der Waals surface area contributed by atoms with E-state index in [1.165, 1.54) is 4.90 Å². The van der Waals surface area contributed by atoms with E-state index in [4.69, 9.17) is 10.5 Å². The van der Waals surface area contributed by atoms with E-state index in [1.54, 1.807) is 52.8 Å². The van der Waals surface area contributed by atoms with Gasteiger partial charge in [0.05, 0.1) is 28.7 Å². The Kier molecular flexibility index (Phi) is 9.22. The van der Waals surface area contributed by atoms with Crippen LogP contribution in [0, 0.1) is 20.8 Å². The Bertz CT molecular complexity index is 2630. The third-order valence-electron chi connectivity index (χ3n) is 10.9. The number of nitrogens with two attached hydrogens (primary N) is 1. The van der Waals surface area contributed by atoms with Crippen LogP contribution in [0.3, 0.4) is 0 Å². The summed E-state index contributed by atoms with van der Waals surface area (Å²) in [7, 11) is 0. The Hall–Kier alpha value is -7.09. The lowest BCUT2D eigenvalue weighted by molar-refractivity contribution is -0.122. The highest BCUT2D eigenvalue weighted by atomic mass is 16.6. The molecule has 3 amide bonds. The average molecular weight is 775 g/mol. The summed E-state index contributed by atoms with van der Waals surface area (Å²) in [5.74, 6) is 3.20. The van der Waals surface area contributed by atoms with Gasteiger partial charge in [-0.25, -0.2) is 34.7 Å². The van der Waals surface area contributed by atoms with Gasteiger partial charge in [0, 0.05) is 35.9 Å². The average Bonchev–Trinajstić information content (AvgIpc) is 3.79. The predicted molar refractivity (Wildman–Crippen MR) is 221 cm³/mol. The number of aryl methyl sites for hydroxylation is 3. The number of cyclic esters (lactones) is 1. The number of anilines is 6. The van der Waals surface area contributed by atoms with Gasteiger partial charge in [-0.3, -0.25) is 24.3 Å². The maximum atomic E-state index is 13.4. The van der Waals surface area contributed by atoms with Crippen molar-refractivity contribution in [3.05, 3.63) is 120 Å². The summed E-state index contributed by atoms with van der Waals surface area (Å²) in [6.45, 7) is 14.0. The molecule has 2 N–H and O–H groups in total. The van der Waals surface area contributed by atoms with E-state index in [0.29, 0.717) is 42.2 Å². The molecule has 1 fully saturated rings. The van der Waals surface area contributed by atoms with Crippen LogP contribution in [0.15, 0.2) is 91.5 Å². The van der Waals surface area contributed by atoms with E-state index in [0.717, 1.165) is 56.1 Å². The molecule has 3 aliphatic heterocycles. The van der Waals surface area contributed by atoms with Crippen LogP contribution < -0.4 is 20.4 Å². The van der Waals surface area contributed by atoms with Gasteiger partial charge in [-0.15, -0.1) is 0 Å². The minimum absolute atomic E-state index is 0.0226. The fourth-order valence-corrected chi connectivity index (χ4v) is 7.34. The molecule has 7 heterocycles. The lowest BCUT2D eigenvalue weighted by Gasteiger charge is -2.21. The standard InChI is InChI=1S/C23H21N5O3.C21H21N5O/c1-14-24-12-16(13-25-14)15-7-8-17-18(11-15)28(21(29)23(17,2)3)20-6-4-5-19(26-20)27-9-10-31-22(27)30;1-12-5-8-18(25-19(12)22)26-17-9-14(15-10-23-13(2)24-11-15)6-7-16(17)21(3,4)20(26)27/h4-8,11-13H,9-10H2,1-3H3;5-11H,1-4H3,(H2,22,25). The highest BCUT2D eigenvalue weighted by Crippen LogP contribution is 2.48. The predicted octanol–water partition coefficient (Wildman–Crippen LogP) is 7.45. The summed E-state index contributed by atoms with van der Waals surface area (Å²) in [6.07, 6.45) is 6.69. The molecule has 2 aromatic carbocycles. The molecule has 14 heteroatoms. The number of carbonyl (C=O) groups is 3. The molecular formula is C44H42N10O4. The number of nitrogen functional groups attached to an aromatic ring is 1. The zero-order valence-electron chi connectivity index (χ0n) is 33.3. The maximum absolute atomic E-state index is 13.4. The van der Waals surface area contributed by atoms with Crippen molar-refractivity contribution in [2.45, 2.75) is 59.3 Å². The number of fused-ring (bicyclic) bond motifs is 2. The van der Waals surface area contributed by atoms with Crippen LogP contribution in [-0.4, -0.2) is 61.0 Å². The Balaban J connectivity index is 0.000000164. The molecule has 0 saturated carbocycles. The lowest BCUT2D eigenvalue weighted by Crippen LogP contribution is -2.34. The maximum Gasteiger partial charge on any atom is 0.415 e. The normalized spacial score (nSPS) is 16.2. The quantitative estimate of drug-likeness (QED) is 0.184. The molecule has 0 atom stereocenters. The van der Waals surface area contributed by atoms with Crippen molar-refractivity contribution in [1.82, 2.24) is 29.9 Å². The third-order valence-corrected chi connectivity index (χ3v) is 10.9. The molecule has 0 bridgehead atoms. The minimum Gasteiger partial charge on any atom is -0.447 e. The number of hydrogen-bond donors (Lipinski definition) is 1. The van der Waals surface area contributed by atoms with Crippen LogP contribution in [0.4, 0.5) is 39.4 Å². The number of benzene rings is 2. The van der Waals surface area contributed by atoms with Crippen molar-refractivity contribution in [2.24, 2.45) is 0 Å². The summed E-state index contributed by atoms with van der Waals surface area (Å²) < 4.78 is 5.02.